The number of carbonyl (C=O) groups excluding carboxylic acids is 2. The van der Waals surface area contributed by atoms with Crippen molar-refractivity contribution in [2.75, 3.05) is 25.5 Å². The number of hydrogen-bond acceptors (Lipinski definition) is 8. The number of halogens is 2. The topological polar surface area (TPSA) is 119 Å². The molecule has 1 aliphatic heterocycles. The fourth-order valence-corrected chi connectivity index (χ4v) is 5.94. The zero-order valence-corrected chi connectivity index (χ0v) is 26.2. The summed E-state index contributed by atoms with van der Waals surface area (Å²) in [6.45, 7) is 4.08. The lowest BCUT2D eigenvalue weighted by molar-refractivity contribution is -0.122. The van der Waals surface area contributed by atoms with Crippen LogP contribution in [0.5, 0.6) is 5.88 Å². The number of ether oxygens (including phenoxy) is 1. The first kappa shape index (κ1) is 31.3. The first-order valence-electron chi connectivity index (χ1n) is 14.3. The van der Waals surface area contributed by atoms with Gasteiger partial charge in [0.05, 0.1) is 34.7 Å². The second kappa shape index (κ2) is 13.7. The summed E-state index contributed by atoms with van der Waals surface area (Å²) in [5.74, 6) is 0.172. The maximum absolute atomic E-state index is 12.9. The molecule has 12 heteroatoms. The van der Waals surface area contributed by atoms with E-state index in [2.05, 4.69) is 20.3 Å². The van der Waals surface area contributed by atoms with Gasteiger partial charge in [-0.2, -0.15) is 5.10 Å². The second-order valence-corrected chi connectivity index (χ2v) is 11.4. The normalized spacial score (nSPS) is 14.9. The number of aryl methyl sites for hydroxylation is 1. The minimum absolute atomic E-state index is 0.0606. The molecule has 1 fully saturated rings. The first-order chi connectivity index (χ1) is 21.2. The van der Waals surface area contributed by atoms with Gasteiger partial charge in [-0.1, -0.05) is 60.5 Å². The third-order valence-corrected chi connectivity index (χ3v) is 8.48. The van der Waals surface area contributed by atoms with E-state index in [1.807, 2.05) is 25.1 Å². The van der Waals surface area contributed by atoms with Crippen molar-refractivity contribution in [3.8, 4) is 28.3 Å². The lowest BCUT2D eigenvalue weighted by Crippen LogP contribution is -2.28. The number of nitrogens with one attached hydrogen (secondary N) is 1. The lowest BCUT2D eigenvalue weighted by atomic mass is 10.00. The molecule has 1 aliphatic rings. The highest BCUT2D eigenvalue weighted by Gasteiger charge is 2.28. The van der Waals surface area contributed by atoms with Crippen LogP contribution in [0.15, 0.2) is 59.7 Å². The van der Waals surface area contributed by atoms with Crippen molar-refractivity contribution in [2.24, 2.45) is 13.0 Å². The average molecular weight is 636 g/mol. The smallest absolute Gasteiger partial charge is 0.279 e. The summed E-state index contributed by atoms with van der Waals surface area (Å²) in [6, 6.07) is 12.0. The summed E-state index contributed by atoms with van der Waals surface area (Å²) in [5, 5.41) is 7.21. The van der Waals surface area contributed by atoms with E-state index in [4.69, 9.17) is 32.9 Å². The van der Waals surface area contributed by atoms with Crippen LogP contribution in [0.2, 0.25) is 10.0 Å². The lowest BCUT2D eigenvalue weighted by Gasteiger charge is -2.17. The molecule has 1 atom stereocenters. The van der Waals surface area contributed by atoms with E-state index in [-0.39, 0.29) is 16.5 Å². The number of likely N-dealkylation sites (tertiary alicyclic amines) is 1. The van der Waals surface area contributed by atoms with Crippen molar-refractivity contribution in [3.63, 3.8) is 0 Å². The van der Waals surface area contributed by atoms with Gasteiger partial charge in [0.15, 0.2) is 0 Å². The molecule has 1 amide bonds. The fraction of sp³-hybridized carbons (Fsp3) is 0.312. The predicted octanol–water partition coefficient (Wildman–Crippen LogP) is 5.66. The Morgan fingerprint density at radius 3 is 2.55 bits per heavy atom. The highest BCUT2D eigenvalue weighted by molar-refractivity contribution is 6.39. The van der Waals surface area contributed by atoms with Crippen molar-refractivity contribution in [3.05, 3.63) is 86.5 Å². The van der Waals surface area contributed by atoms with Crippen molar-refractivity contribution >= 4 is 40.6 Å². The van der Waals surface area contributed by atoms with Crippen LogP contribution in [0.3, 0.4) is 0 Å². The molecule has 3 heterocycles. The molecule has 10 nitrogen and oxygen atoms in total. The highest BCUT2D eigenvalue weighted by Crippen LogP contribution is 2.41. The maximum Gasteiger partial charge on any atom is 0.279 e. The van der Waals surface area contributed by atoms with Crippen molar-refractivity contribution < 1.29 is 14.3 Å². The Bertz CT molecular complexity index is 1780. The number of hydrogen-bond donors (Lipinski definition) is 1. The van der Waals surface area contributed by atoms with E-state index in [0.29, 0.717) is 70.0 Å². The van der Waals surface area contributed by atoms with Crippen LogP contribution >= 0.6 is 23.2 Å². The van der Waals surface area contributed by atoms with Crippen molar-refractivity contribution in [2.45, 2.75) is 32.7 Å². The summed E-state index contributed by atoms with van der Waals surface area (Å²) in [6.07, 6.45) is 5.37. The Morgan fingerprint density at radius 1 is 1.07 bits per heavy atom. The van der Waals surface area contributed by atoms with E-state index < -0.39 is 11.5 Å². The number of nitrogens with zero attached hydrogens (tertiary/aromatic N) is 5. The summed E-state index contributed by atoms with van der Waals surface area (Å²) in [7, 11) is 3.02. The molecule has 1 saturated heterocycles. The Hall–Kier alpha value is -4.12. The van der Waals surface area contributed by atoms with Crippen LogP contribution in [0.1, 0.15) is 42.2 Å². The second-order valence-electron chi connectivity index (χ2n) is 10.6. The third kappa shape index (κ3) is 6.52. The van der Waals surface area contributed by atoms with Gasteiger partial charge >= 0.3 is 0 Å². The van der Waals surface area contributed by atoms with Crippen LogP contribution in [-0.2, 0) is 18.4 Å². The SMILES string of the molecule is CCCC(=O)C1CCN(Cc2ncc(-c3cccc(-c4cccc(NC(=O)c5ccnn(C)c5=O)c4Cl)c3Cl)nc2OC)C1. The molecule has 4 aromatic rings. The van der Waals surface area contributed by atoms with Crippen LogP contribution < -0.4 is 15.6 Å². The predicted molar refractivity (Wildman–Crippen MR) is 170 cm³/mol. The van der Waals surface area contributed by atoms with Crippen LogP contribution in [0.4, 0.5) is 5.69 Å². The zero-order chi connectivity index (χ0) is 31.4. The van der Waals surface area contributed by atoms with E-state index in [9.17, 15) is 14.4 Å². The molecular weight excluding hydrogens is 603 g/mol. The standard InChI is InChI=1S/C32H32Cl2N6O4/c1-4-7-27(41)19-13-15-40(17-19)18-26-31(44-3)38-25(16-35-26)22-10-5-8-20(28(22)33)21-9-6-11-24(29(21)34)37-30(42)23-12-14-36-39(2)32(23)43/h5-6,8-12,14,16,19H,4,7,13,15,17-18H2,1-3H3,(H,37,42). The Kier molecular flexibility index (Phi) is 9.73. The van der Waals surface area contributed by atoms with Gasteiger partial charge in [-0.25, -0.2) is 9.67 Å². The number of benzene rings is 2. The number of carbonyl (C=O) groups is 2. The maximum atomic E-state index is 12.9. The van der Waals surface area contributed by atoms with E-state index >= 15 is 0 Å². The van der Waals surface area contributed by atoms with Gasteiger partial charge in [0.1, 0.15) is 17.0 Å². The number of methoxy groups -OCH3 is 1. The molecular formula is C32H32Cl2N6O4. The highest BCUT2D eigenvalue weighted by atomic mass is 35.5. The molecule has 0 spiro atoms. The van der Waals surface area contributed by atoms with Crippen molar-refractivity contribution in [1.82, 2.24) is 24.6 Å². The Balaban J connectivity index is 1.39. The fourth-order valence-electron chi connectivity index (χ4n) is 5.34. The number of ketones is 1. The molecule has 0 radical (unpaired) electrons. The van der Waals surface area contributed by atoms with Gasteiger partial charge < -0.3 is 10.1 Å². The van der Waals surface area contributed by atoms with Gasteiger partial charge in [-0.15, -0.1) is 0 Å². The summed E-state index contributed by atoms with van der Waals surface area (Å²) < 4.78 is 6.69. The van der Waals surface area contributed by atoms with Gasteiger partial charge in [0.2, 0.25) is 5.88 Å². The monoisotopic (exact) mass is 634 g/mol. The van der Waals surface area contributed by atoms with Crippen LogP contribution in [0, 0.1) is 5.92 Å². The summed E-state index contributed by atoms with van der Waals surface area (Å²) >= 11 is 13.7. The Labute approximate surface area is 265 Å². The number of aromatic nitrogens is 4. The molecule has 44 heavy (non-hydrogen) atoms. The van der Waals surface area contributed by atoms with E-state index in [1.54, 1.807) is 31.5 Å². The van der Waals surface area contributed by atoms with Gasteiger partial charge in [0, 0.05) is 55.4 Å². The van der Waals surface area contributed by atoms with Gasteiger partial charge in [-0.05, 0) is 31.5 Å². The van der Waals surface area contributed by atoms with Crippen molar-refractivity contribution in [1.29, 1.82) is 0 Å². The molecule has 1 N–H and O–H groups in total. The number of amides is 1. The first-order valence-corrected chi connectivity index (χ1v) is 15.0. The van der Waals surface area contributed by atoms with Crippen LogP contribution in [0.25, 0.3) is 22.4 Å². The minimum atomic E-state index is -0.605. The summed E-state index contributed by atoms with van der Waals surface area (Å²) in [5.41, 5.74) is 2.76. The molecule has 2 aromatic heterocycles. The Morgan fingerprint density at radius 2 is 1.80 bits per heavy atom. The molecule has 2 aromatic carbocycles. The van der Waals surface area contributed by atoms with E-state index in [0.717, 1.165) is 24.1 Å². The van der Waals surface area contributed by atoms with Crippen LogP contribution in [-0.4, -0.2) is 56.5 Å². The quantitative estimate of drug-likeness (QED) is 0.237. The number of anilines is 1. The minimum Gasteiger partial charge on any atom is -0.480 e. The molecule has 1 unspecified atom stereocenters. The largest absolute Gasteiger partial charge is 0.480 e. The molecule has 0 saturated carbocycles. The molecule has 5 rings (SSSR count). The molecule has 0 aliphatic carbocycles. The van der Waals surface area contributed by atoms with E-state index in [1.165, 1.54) is 19.3 Å². The zero-order valence-electron chi connectivity index (χ0n) is 24.6. The molecule has 228 valence electrons. The van der Waals surface area contributed by atoms with Gasteiger partial charge in [-0.3, -0.25) is 24.3 Å². The number of Topliss-reactive ketones (excluding diaryl/α,β-unsaturated/α-hetero) is 1. The summed E-state index contributed by atoms with van der Waals surface area (Å²) in [4.78, 5) is 49.2. The molecule has 0 bridgehead atoms. The average Bonchev–Trinajstić information content (AvgIpc) is 3.49. The third-order valence-electron chi connectivity index (χ3n) is 7.66. The number of rotatable bonds is 10. The van der Waals surface area contributed by atoms with Gasteiger partial charge in [0.25, 0.3) is 11.5 Å².